The molecule has 0 unspecified atom stereocenters. The monoisotopic (exact) mass is 626 g/mol. The highest BCUT2D eigenvalue weighted by Crippen LogP contribution is 2.55. The van der Waals surface area contributed by atoms with Crippen molar-refractivity contribution < 1.29 is 0 Å². The molecular weight excluding hydrogens is 593 g/mol. The third kappa shape index (κ3) is 4.01. The molecular formula is C47H34N2. The molecule has 8 aromatic carbocycles. The Morgan fingerprint density at radius 2 is 1.04 bits per heavy atom. The molecule has 232 valence electrons. The molecule has 0 bridgehead atoms. The largest absolute Gasteiger partial charge is 0.309 e. The molecule has 0 radical (unpaired) electrons. The van der Waals surface area contributed by atoms with Gasteiger partial charge in [-0.1, -0.05) is 135 Å². The maximum Gasteiger partial charge on any atom is 0.0543 e. The normalized spacial score (nSPS) is 13.3. The van der Waals surface area contributed by atoms with E-state index in [1.54, 1.807) is 0 Å². The van der Waals surface area contributed by atoms with Gasteiger partial charge >= 0.3 is 0 Å². The minimum atomic E-state index is -0.223. The number of hydrogen-bond acceptors (Lipinski definition) is 1. The minimum absolute atomic E-state index is 0.223. The van der Waals surface area contributed by atoms with Crippen molar-refractivity contribution >= 4 is 60.4 Å². The fraction of sp³-hybridized carbons (Fsp3) is 0.0638. The van der Waals surface area contributed by atoms with E-state index in [0.717, 1.165) is 5.69 Å². The summed E-state index contributed by atoms with van der Waals surface area (Å²) in [6.45, 7) is 4.80. The first-order valence-corrected chi connectivity index (χ1v) is 17.1. The lowest BCUT2D eigenvalue weighted by molar-refractivity contribution is 0.660. The number of aromatic nitrogens is 1. The first-order chi connectivity index (χ1) is 24.1. The van der Waals surface area contributed by atoms with Crippen LogP contribution < -0.4 is 4.90 Å². The number of fused-ring (bicyclic) bond motifs is 9. The van der Waals surface area contributed by atoms with Crippen LogP contribution in [0.3, 0.4) is 0 Å². The smallest absolute Gasteiger partial charge is 0.0543 e. The van der Waals surface area contributed by atoms with Crippen LogP contribution >= 0.6 is 0 Å². The Morgan fingerprint density at radius 1 is 0.449 bits per heavy atom. The SMILES string of the molecule is CC1(C)c2cc(-n3c4ccccc4c4ccccc43)ccc2-c2c1cc(N(c1ccccc1)c1cccc3ccccc13)c1ccccc21. The Labute approximate surface area is 286 Å². The molecule has 0 aliphatic heterocycles. The van der Waals surface area contributed by atoms with E-state index < -0.39 is 0 Å². The molecule has 0 amide bonds. The van der Waals surface area contributed by atoms with E-state index >= 15 is 0 Å². The lowest BCUT2D eigenvalue weighted by Gasteiger charge is -2.30. The summed E-state index contributed by atoms with van der Waals surface area (Å²) in [5, 5.41) is 7.56. The van der Waals surface area contributed by atoms with Crippen molar-refractivity contribution in [2.24, 2.45) is 0 Å². The Bertz CT molecular complexity index is 2690. The average molecular weight is 627 g/mol. The number of hydrogen-bond donors (Lipinski definition) is 0. The van der Waals surface area contributed by atoms with E-state index in [1.807, 2.05) is 0 Å². The van der Waals surface area contributed by atoms with Crippen LogP contribution in [0, 0.1) is 0 Å². The van der Waals surface area contributed by atoms with E-state index in [0.29, 0.717) is 0 Å². The zero-order valence-corrected chi connectivity index (χ0v) is 27.6. The Kier molecular flexibility index (Phi) is 5.95. The van der Waals surface area contributed by atoms with Crippen molar-refractivity contribution in [3.63, 3.8) is 0 Å². The van der Waals surface area contributed by atoms with Gasteiger partial charge in [0.1, 0.15) is 0 Å². The molecule has 10 rings (SSSR count). The highest BCUT2D eigenvalue weighted by molar-refractivity contribution is 6.12. The van der Waals surface area contributed by atoms with Gasteiger partial charge < -0.3 is 9.47 Å². The highest BCUT2D eigenvalue weighted by atomic mass is 15.1. The van der Waals surface area contributed by atoms with Gasteiger partial charge in [-0.05, 0) is 81.6 Å². The van der Waals surface area contributed by atoms with Crippen LogP contribution in [0.5, 0.6) is 0 Å². The van der Waals surface area contributed by atoms with Crippen molar-refractivity contribution in [3.05, 3.63) is 181 Å². The van der Waals surface area contributed by atoms with Gasteiger partial charge in [-0.2, -0.15) is 0 Å². The highest BCUT2D eigenvalue weighted by Gasteiger charge is 2.38. The van der Waals surface area contributed by atoms with E-state index in [1.165, 1.54) is 82.7 Å². The predicted molar refractivity (Wildman–Crippen MR) is 208 cm³/mol. The van der Waals surface area contributed by atoms with E-state index in [2.05, 4.69) is 193 Å². The van der Waals surface area contributed by atoms with Crippen LogP contribution in [-0.2, 0) is 5.41 Å². The summed E-state index contributed by atoms with van der Waals surface area (Å²) < 4.78 is 2.44. The molecule has 49 heavy (non-hydrogen) atoms. The molecule has 2 heteroatoms. The van der Waals surface area contributed by atoms with Crippen LogP contribution in [0.2, 0.25) is 0 Å². The maximum atomic E-state index is 2.48. The van der Waals surface area contributed by atoms with Crippen LogP contribution in [0.15, 0.2) is 170 Å². The Hall–Kier alpha value is -6.12. The molecule has 9 aromatic rings. The van der Waals surface area contributed by atoms with Gasteiger partial charge in [0, 0.05) is 38.3 Å². The van der Waals surface area contributed by atoms with E-state index in [9.17, 15) is 0 Å². The number of nitrogens with zero attached hydrogens (tertiary/aromatic N) is 2. The van der Waals surface area contributed by atoms with Crippen LogP contribution in [0.4, 0.5) is 17.1 Å². The van der Waals surface area contributed by atoms with Gasteiger partial charge in [0.05, 0.1) is 22.4 Å². The molecule has 0 fully saturated rings. The quantitative estimate of drug-likeness (QED) is 0.189. The van der Waals surface area contributed by atoms with Gasteiger partial charge in [0.2, 0.25) is 0 Å². The summed E-state index contributed by atoms with van der Waals surface area (Å²) >= 11 is 0. The molecule has 1 aromatic heterocycles. The molecule has 0 saturated carbocycles. The summed E-state index contributed by atoms with van der Waals surface area (Å²) in [4.78, 5) is 2.47. The van der Waals surface area contributed by atoms with Gasteiger partial charge in [0.25, 0.3) is 0 Å². The summed E-state index contributed by atoms with van der Waals surface area (Å²) in [6, 6.07) is 62.3. The first kappa shape index (κ1) is 27.9. The third-order valence-corrected chi connectivity index (χ3v) is 10.7. The molecule has 0 atom stereocenters. The predicted octanol–water partition coefficient (Wildman–Crippen LogP) is 12.9. The summed E-state index contributed by atoms with van der Waals surface area (Å²) in [5.74, 6) is 0. The Morgan fingerprint density at radius 3 is 1.78 bits per heavy atom. The summed E-state index contributed by atoms with van der Waals surface area (Å²) in [6.07, 6.45) is 0. The lowest BCUT2D eigenvalue weighted by Crippen LogP contribution is -2.17. The fourth-order valence-corrected chi connectivity index (χ4v) is 8.46. The second-order valence-corrected chi connectivity index (χ2v) is 13.8. The fourth-order valence-electron chi connectivity index (χ4n) is 8.46. The van der Waals surface area contributed by atoms with Crippen LogP contribution in [-0.4, -0.2) is 4.57 Å². The third-order valence-electron chi connectivity index (χ3n) is 10.7. The Balaban J connectivity index is 1.23. The molecule has 0 spiro atoms. The minimum Gasteiger partial charge on any atom is -0.309 e. The molecule has 2 nitrogen and oxygen atoms in total. The average Bonchev–Trinajstić information content (AvgIpc) is 3.60. The van der Waals surface area contributed by atoms with Crippen molar-refractivity contribution in [2.45, 2.75) is 19.3 Å². The van der Waals surface area contributed by atoms with Crippen LogP contribution in [0.1, 0.15) is 25.0 Å². The van der Waals surface area contributed by atoms with E-state index in [4.69, 9.17) is 0 Å². The number of para-hydroxylation sites is 3. The van der Waals surface area contributed by atoms with Gasteiger partial charge in [-0.3, -0.25) is 0 Å². The molecule has 1 aliphatic carbocycles. The zero-order valence-electron chi connectivity index (χ0n) is 27.6. The standard InChI is InChI=1S/C47H34N2/c1-47(2)40-29-33(49-43-24-12-10-20-35(43)36-21-11-13-25-44(36)49)27-28-39(40)46-38-23-9-8-22-37(38)45(30-41(46)47)48(32-17-4-3-5-18-32)42-26-14-16-31-15-6-7-19-34(31)42/h3-30H,1-2H3. The van der Waals surface area contributed by atoms with E-state index in [-0.39, 0.29) is 5.41 Å². The summed E-state index contributed by atoms with van der Waals surface area (Å²) in [5.41, 5.74) is 12.3. The lowest BCUT2D eigenvalue weighted by atomic mass is 9.81. The van der Waals surface area contributed by atoms with Crippen molar-refractivity contribution in [3.8, 4) is 16.8 Å². The van der Waals surface area contributed by atoms with Crippen LogP contribution in [0.25, 0.3) is 60.2 Å². The maximum absolute atomic E-state index is 2.48. The molecule has 1 heterocycles. The molecule has 0 saturated heterocycles. The summed E-state index contributed by atoms with van der Waals surface area (Å²) in [7, 11) is 0. The van der Waals surface area contributed by atoms with Crippen molar-refractivity contribution in [1.29, 1.82) is 0 Å². The topological polar surface area (TPSA) is 8.17 Å². The number of rotatable bonds is 4. The molecule has 1 aliphatic rings. The second kappa shape index (κ2) is 10.4. The number of anilines is 3. The van der Waals surface area contributed by atoms with Gasteiger partial charge in [-0.25, -0.2) is 0 Å². The number of benzene rings is 8. The molecule has 0 N–H and O–H groups in total. The van der Waals surface area contributed by atoms with Crippen molar-refractivity contribution in [1.82, 2.24) is 4.57 Å². The van der Waals surface area contributed by atoms with Gasteiger partial charge in [-0.15, -0.1) is 0 Å². The first-order valence-electron chi connectivity index (χ1n) is 17.1. The zero-order chi connectivity index (χ0) is 32.7. The van der Waals surface area contributed by atoms with Crippen molar-refractivity contribution in [2.75, 3.05) is 4.90 Å². The second-order valence-electron chi connectivity index (χ2n) is 13.8. The van der Waals surface area contributed by atoms with Gasteiger partial charge in [0.15, 0.2) is 0 Å².